The van der Waals surface area contributed by atoms with Crippen LogP contribution in [0.2, 0.25) is 0 Å². The molecule has 6 nitrogen and oxygen atoms in total. The van der Waals surface area contributed by atoms with Crippen LogP contribution in [0.3, 0.4) is 0 Å². The van der Waals surface area contributed by atoms with E-state index < -0.39 is 0 Å². The number of halogens is 1. The Morgan fingerprint density at radius 3 is 2.73 bits per heavy atom. The molecule has 0 aliphatic rings. The van der Waals surface area contributed by atoms with Crippen LogP contribution in [-0.4, -0.2) is 34.6 Å². The maximum absolute atomic E-state index is 12.3. The summed E-state index contributed by atoms with van der Waals surface area (Å²) in [6.07, 6.45) is 0. The lowest BCUT2D eigenvalue weighted by molar-refractivity contribution is -0.132. The molecule has 0 N–H and O–H groups in total. The fraction of sp³-hybridized carbons (Fsp3) is 0.211. The number of ether oxygens (including phenoxy) is 1. The minimum atomic E-state index is -0.176. The van der Waals surface area contributed by atoms with Gasteiger partial charge in [-0.25, -0.2) is 0 Å². The quantitative estimate of drug-likeness (QED) is 0.611. The second-order valence-corrected chi connectivity index (χ2v) is 6.68. The van der Waals surface area contributed by atoms with Gasteiger partial charge < -0.3 is 14.2 Å². The van der Waals surface area contributed by atoms with Crippen LogP contribution < -0.4 is 4.74 Å². The van der Waals surface area contributed by atoms with Gasteiger partial charge in [-0.05, 0) is 30.7 Å². The van der Waals surface area contributed by atoms with Gasteiger partial charge in [-0.3, -0.25) is 4.79 Å². The zero-order valence-corrected chi connectivity index (χ0v) is 16.1. The average molecular weight is 416 g/mol. The van der Waals surface area contributed by atoms with Gasteiger partial charge in [0.1, 0.15) is 5.75 Å². The van der Waals surface area contributed by atoms with Crippen molar-refractivity contribution in [3.63, 3.8) is 0 Å². The highest BCUT2D eigenvalue weighted by molar-refractivity contribution is 9.10. The average Bonchev–Trinajstić information content (AvgIpc) is 3.11. The van der Waals surface area contributed by atoms with E-state index in [2.05, 4.69) is 26.1 Å². The van der Waals surface area contributed by atoms with Crippen molar-refractivity contribution in [3.05, 3.63) is 64.5 Å². The molecular formula is C19H18BrN3O3. The normalized spacial score (nSPS) is 10.6. The molecule has 0 radical (unpaired) electrons. The number of likely N-dealkylation sites (N-methyl/N-ethyl adjacent to an activating group) is 1. The number of aromatic nitrogens is 2. The first-order valence-corrected chi connectivity index (χ1v) is 8.83. The SMILES string of the molecule is Cc1cc(OCC(=O)N(C)Cc2nc(-c3ccccc3)no2)ccc1Br. The number of benzene rings is 2. The van der Waals surface area contributed by atoms with Crippen molar-refractivity contribution in [3.8, 4) is 17.1 Å². The maximum Gasteiger partial charge on any atom is 0.260 e. The van der Waals surface area contributed by atoms with E-state index in [0.717, 1.165) is 15.6 Å². The van der Waals surface area contributed by atoms with Gasteiger partial charge in [-0.1, -0.05) is 51.4 Å². The molecule has 0 saturated carbocycles. The number of aryl methyl sites for hydroxylation is 1. The Hall–Kier alpha value is -2.67. The Balaban J connectivity index is 1.56. The molecule has 0 aliphatic heterocycles. The molecule has 7 heteroatoms. The van der Waals surface area contributed by atoms with E-state index in [1.807, 2.05) is 55.5 Å². The van der Waals surface area contributed by atoms with Crippen LogP contribution in [-0.2, 0) is 11.3 Å². The van der Waals surface area contributed by atoms with Gasteiger partial charge in [0.25, 0.3) is 5.91 Å². The Morgan fingerprint density at radius 2 is 2.00 bits per heavy atom. The number of carbonyl (C=O) groups is 1. The summed E-state index contributed by atoms with van der Waals surface area (Å²) in [6, 6.07) is 15.1. The van der Waals surface area contributed by atoms with Crippen LogP contribution in [0.1, 0.15) is 11.5 Å². The van der Waals surface area contributed by atoms with Crippen molar-refractivity contribution in [1.82, 2.24) is 15.0 Å². The lowest BCUT2D eigenvalue weighted by atomic mass is 10.2. The van der Waals surface area contributed by atoms with E-state index in [1.54, 1.807) is 7.05 Å². The highest BCUT2D eigenvalue weighted by Crippen LogP contribution is 2.21. The zero-order valence-electron chi connectivity index (χ0n) is 14.5. The third kappa shape index (κ3) is 4.49. The molecule has 26 heavy (non-hydrogen) atoms. The van der Waals surface area contributed by atoms with E-state index >= 15 is 0 Å². The summed E-state index contributed by atoms with van der Waals surface area (Å²) in [5, 5.41) is 3.95. The molecule has 3 rings (SSSR count). The molecule has 0 fully saturated rings. The summed E-state index contributed by atoms with van der Waals surface area (Å²) in [7, 11) is 1.67. The molecule has 0 atom stereocenters. The standard InChI is InChI=1S/C19H18BrN3O3/c1-13-10-15(8-9-16(13)20)25-12-18(24)23(2)11-17-21-19(22-26-17)14-6-4-3-5-7-14/h3-10H,11-12H2,1-2H3. The highest BCUT2D eigenvalue weighted by atomic mass is 79.9. The van der Waals surface area contributed by atoms with E-state index in [1.165, 1.54) is 4.90 Å². The molecule has 2 aromatic carbocycles. The number of nitrogens with zero attached hydrogens (tertiary/aromatic N) is 3. The minimum absolute atomic E-state index is 0.0583. The van der Waals surface area contributed by atoms with E-state index in [-0.39, 0.29) is 19.1 Å². The molecule has 0 saturated heterocycles. The van der Waals surface area contributed by atoms with Crippen molar-refractivity contribution >= 4 is 21.8 Å². The van der Waals surface area contributed by atoms with Gasteiger partial charge in [-0.2, -0.15) is 4.98 Å². The van der Waals surface area contributed by atoms with E-state index in [0.29, 0.717) is 17.5 Å². The van der Waals surface area contributed by atoms with Crippen molar-refractivity contribution in [2.75, 3.05) is 13.7 Å². The first kappa shape index (κ1) is 18.1. The fourth-order valence-electron chi connectivity index (χ4n) is 2.28. The van der Waals surface area contributed by atoms with Crippen LogP contribution >= 0.6 is 15.9 Å². The highest BCUT2D eigenvalue weighted by Gasteiger charge is 2.15. The lowest BCUT2D eigenvalue weighted by Gasteiger charge is -2.15. The van der Waals surface area contributed by atoms with Gasteiger partial charge in [0.15, 0.2) is 6.61 Å². The van der Waals surface area contributed by atoms with E-state index in [4.69, 9.17) is 9.26 Å². The molecule has 1 amide bonds. The molecule has 0 bridgehead atoms. The molecule has 1 heterocycles. The predicted octanol–water partition coefficient (Wildman–Crippen LogP) is 3.84. The Bertz CT molecular complexity index is 896. The molecular weight excluding hydrogens is 398 g/mol. The Morgan fingerprint density at radius 1 is 1.23 bits per heavy atom. The second-order valence-electron chi connectivity index (χ2n) is 5.83. The van der Waals surface area contributed by atoms with Crippen molar-refractivity contribution < 1.29 is 14.1 Å². The molecule has 0 aliphatic carbocycles. The van der Waals surface area contributed by atoms with Gasteiger partial charge in [0.05, 0.1) is 6.54 Å². The van der Waals surface area contributed by atoms with Crippen LogP contribution in [0.15, 0.2) is 57.5 Å². The van der Waals surface area contributed by atoms with Crippen molar-refractivity contribution in [2.45, 2.75) is 13.5 Å². The predicted molar refractivity (Wildman–Crippen MR) is 101 cm³/mol. The van der Waals surface area contributed by atoms with Crippen LogP contribution in [0.25, 0.3) is 11.4 Å². The van der Waals surface area contributed by atoms with Gasteiger partial charge in [0, 0.05) is 17.1 Å². The second kappa shape index (κ2) is 8.14. The summed E-state index contributed by atoms with van der Waals surface area (Å²) in [4.78, 5) is 18.1. The molecule has 0 spiro atoms. The fourth-order valence-corrected chi connectivity index (χ4v) is 2.52. The largest absolute Gasteiger partial charge is 0.484 e. The van der Waals surface area contributed by atoms with Crippen LogP contribution in [0.4, 0.5) is 0 Å². The van der Waals surface area contributed by atoms with Crippen LogP contribution in [0, 0.1) is 6.92 Å². The Labute approximate surface area is 159 Å². The first-order valence-electron chi connectivity index (χ1n) is 8.04. The summed E-state index contributed by atoms with van der Waals surface area (Å²) < 4.78 is 11.8. The summed E-state index contributed by atoms with van der Waals surface area (Å²) >= 11 is 3.43. The topological polar surface area (TPSA) is 68.5 Å². The molecule has 0 unspecified atom stereocenters. The van der Waals surface area contributed by atoms with Gasteiger partial charge in [0.2, 0.25) is 11.7 Å². The lowest BCUT2D eigenvalue weighted by Crippen LogP contribution is -2.31. The number of hydrogen-bond acceptors (Lipinski definition) is 5. The summed E-state index contributed by atoms with van der Waals surface area (Å²) in [5.41, 5.74) is 1.91. The minimum Gasteiger partial charge on any atom is -0.484 e. The number of hydrogen-bond donors (Lipinski definition) is 0. The maximum atomic E-state index is 12.3. The number of rotatable bonds is 6. The first-order chi connectivity index (χ1) is 12.5. The van der Waals surface area contributed by atoms with Gasteiger partial charge >= 0.3 is 0 Å². The zero-order chi connectivity index (χ0) is 18.5. The number of carbonyl (C=O) groups excluding carboxylic acids is 1. The van der Waals surface area contributed by atoms with Gasteiger partial charge in [-0.15, -0.1) is 0 Å². The smallest absolute Gasteiger partial charge is 0.260 e. The third-order valence-electron chi connectivity index (χ3n) is 3.79. The van der Waals surface area contributed by atoms with Crippen molar-refractivity contribution in [2.24, 2.45) is 0 Å². The third-order valence-corrected chi connectivity index (χ3v) is 4.68. The van der Waals surface area contributed by atoms with Crippen LogP contribution in [0.5, 0.6) is 5.75 Å². The van der Waals surface area contributed by atoms with E-state index in [9.17, 15) is 4.79 Å². The molecule has 3 aromatic rings. The Kier molecular flexibility index (Phi) is 5.68. The molecule has 1 aromatic heterocycles. The molecule has 134 valence electrons. The monoisotopic (exact) mass is 415 g/mol. The summed E-state index contributed by atoms with van der Waals surface area (Å²) in [5.74, 6) is 1.35. The number of amides is 1. The van der Waals surface area contributed by atoms with Crippen molar-refractivity contribution in [1.29, 1.82) is 0 Å². The summed E-state index contributed by atoms with van der Waals surface area (Å²) in [6.45, 7) is 2.13.